The van der Waals surface area contributed by atoms with E-state index in [1.807, 2.05) is 13.8 Å². The standard InChI is InChI=1S/C18H18N6O4S/c1-10(2)15(18-21-16(23-28-18)12-5-4-6-19-8-12)24-29(25,26)13-7-14-11(3)22-27-17(14)20-9-13/h4-10,15,24H,1-3H3. The van der Waals surface area contributed by atoms with Gasteiger partial charge in [-0.2, -0.15) is 9.71 Å². The molecule has 1 N–H and O–H groups in total. The molecule has 0 fully saturated rings. The van der Waals surface area contributed by atoms with Crippen LogP contribution in [0.2, 0.25) is 0 Å². The minimum atomic E-state index is -3.92. The minimum Gasteiger partial charge on any atom is -0.337 e. The van der Waals surface area contributed by atoms with E-state index < -0.39 is 16.1 Å². The summed E-state index contributed by atoms with van der Waals surface area (Å²) in [7, 11) is -3.92. The molecule has 4 rings (SSSR count). The number of nitrogens with one attached hydrogen (secondary N) is 1. The third-order valence-corrected chi connectivity index (χ3v) is 5.78. The van der Waals surface area contributed by atoms with Crippen LogP contribution in [0.3, 0.4) is 0 Å². The van der Waals surface area contributed by atoms with E-state index in [4.69, 9.17) is 9.05 Å². The normalized spacial score (nSPS) is 13.2. The number of fused-ring (bicyclic) bond motifs is 1. The zero-order valence-corrected chi connectivity index (χ0v) is 16.7. The highest BCUT2D eigenvalue weighted by Gasteiger charge is 2.29. The molecule has 0 saturated carbocycles. The molecule has 11 heteroatoms. The van der Waals surface area contributed by atoms with Gasteiger partial charge < -0.3 is 9.05 Å². The van der Waals surface area contributed by atoms with Gasteiger partial charge in [-0.25, -0.2) is 13.4 Å². The summed E-state index contributed by atoms with van der Waals surface area (Å²) in [6, 6.07) is 4.29. The van der Waals surface area contributed by atoms with Gasteiger partial charge in [-0.3, -0.25) is 4.98 Å². The summed E-state index contributed by atoms with van der Waals surface area (Å²) in [6.45, 7) is 5.42. The maximum absolute atomic E-state index is 13.0. The fourth-order valence-corrected chi connectivity index (χ4v) is 4.06. The summed E-state index contributed by atoms with van der Waals surface area (Å²) in [5, 5.41) is 8.27. The molecular weight excluding hydrogens is 396 g/mol. The largest absolute Gasteiger partial charge is 0.337 e. The van der Waals surface area contributed by atoms with Crippen molar-refractivity contribution in [1.29, 1.82) is 0 Å². The number of pyridine rings is 2. The van der Waals surface area contributed by atoms with E-state index in [1.165, 1.54) is 12.3 Å². The maximum atomic E-state index is 13.0. The first-order valence-corrected chi connectivity index (χ1v) is 10.3. The van der Waals surface area contributed by atoms with Crippen molar-refractivity contribution in [3.63, 3.8) is 0 Å². The lowest BCUT2D eigenvalue weighted by atomic mass is 10.1. The Kier molecular flexibility index (Phi) is 4.84. The van der Waals surface area contributed by atoms with Gasteiger partial charge in [0.2, 0.25) is 21.7 Å². The highest BCUT2D eigenvalue weighted by atomic mass is 32.2. The summed E-state index contributed by atoms with van der Waals surface area (Å²) in [5.41, 5.74) is 1.51. The Morgan fingerprint density at radius 1 is 1.14 bits per heavy atom. The average Bonchev–Trinajstić information content (AvgIpc) is 3.34. The molecule has 150 valence electrons. The quantitative estimate of drug-likeness (QED) is 0.504. The first-order chi connectivity index (χ1) is 13.8. The van der Waals surface area contributed by atoms with E-state index >= 15 is 0 Å². The van der Waals surface area contributed by atoms with Gasteiger partial charge in [0, 0.05) is 18.0 Å². The lowest BCUT2D eigenvalue weighted by Crippen LogP contribution is -2.32. The molecule has 0 spiro atoms. The van der Waals surface area contributed by atoms with Crippen LogP contribution in [0, 0.1) is 12.8 Å². The van der Waals surface area contributed by atoms with Crippen LogP contribution in [0.15, 0.2) is 50.7 Å². The molecule has 0 aromatic carbocycles. The second-order valence-electron chi connectivity index (χ2n) is 6.83. The predicted octanol–water partition coefficient (Wildman–Crippen LogP) is 2.65. The van der Waals surface area contributed by atoms with Gasteiger partial charge in [0.15, 0.2) is 0 Å². The van der Waals surface area contributed by atoms with Gasteiger partial charge >= 0.3 is 0 Å². The number of nitrogens with zero attached hydrogens (tertiary/aromatic N) is 5. The molecule has 0 radical (unpaired) electrons. The Balaban J connectivity index is 1.65. The molecule has 0 aliphatic carbocycles. The molecule has 1 unspecified atom stereocenters. The molecule has 0 amide bonds. The molecule has 1 atom stereocenters. The van der Waals surface area contributed by atoms with Gasteiger partial charge in [-0.05, 0) is 31.0 Å². The molecule has 0 aliphatic heterocycles. The van der Waals surface area contributed by atoms with Crippen LogP contribution >= 0.6 is 0 Å². The predicted molar refractivity (Wildman–Crippen MR) is 102 cm³/mol. The van der Waals surface area contributed by atoms with Crippen molar-refractivity contribution in [3.8, 4) is 11.4 Å². The SMILES string of the molecule is Cc1noc2ncc(S(=O)(=O)NC(c3nc(-c4cccnc4)no3)C(C)C)cc12. The third-order valence-electron chi connectivity index (χ3n) is 4.37. The third kappa shape index (κ3) is 3.74. The Morgan fingerprint density at radius 2 is 1.97 bits per heavy atom. The van der Waals surface area contributed by atoms with Crippen molar-refractivity contribution in [3.05, 3.63) is 48.4 Å². The van der Waals surface area contributed by atoms with E-state index in [1.54, 1.807) is 31.5 Å². The van der Waals surface area contributed by atoms with Crippen LogP contribution in [0.4, 0.5) is 0 Å². The maximum Gasteiger partial charge on any atom is 0.257 e. The van der Waals surface area contributed by atoms with Crippen molar-refractivity contribution < 1.29 is 17.5 Å². The van der Waals surface area contributed by atoms with E-state index in [0.717, 1.165) is 0 Å². The van der Waals surface area contributed by atoms with Gasteiger partial charge in [0.25, 0.3) is 5.71 Å². The highest BCUT2D eigenvalue weighted by Crippen LogP contribution is 2.26. The zero-order valence-electron chi connectivity index (χ0n) is 15.9. The molecular formula is C18H18N6O4S. The minimum absolute atomic E-state index is 0.00560. The fourth-order valence-electron chi connectivity index (χ4n) is 2.75. The van der Waals surface area contributed by atoms with Gasteiger partial charge in [-0.15, -0.1) is 0 Å². The van der Waals surface area contributed by atoms with Crippen molar-refractivity contribution >= 4 is 21.1 Å². The number of hydrogen-bond donors (Lipinski definition) is 1. The first-order valence-electron chi connectivity index (χ1n) is 8.83. The number of rotatable bonds is 6. The van der Waals surface area contributed by atoms with Crippen LogP contribution in [-0.2, 0) is 10.0 Å². The summed E-state index contributed by atoms with van der Waals surface area (Å²) in [5.74, 6) is 0.347. The Labute approximate surface area is 166 Å². The van der Waals surface area contributed by atoms with Crippen molar-refractivity contribution in [2.45, 2.75) is 31.7 Å². The second kappa shape index (κ2) is 7.33. The second-order valence-corrected chi connectivity index (χ2v) is 8.55. The van der Waals surface area contributed by atoms with E-state index in [-0.39, 0.29) is 22.4 Å². The van der Waals surface area contributed by atoms with Crippen LogP contribution in [0.1, 0.15) is 31.5 Å². The highest BCUT2D eigenvalue weighted by molar-refractivity contribution is 7.89. The average molecular weight is 414 g/mol. The van der Waals surface area contributed by atoms with E-state index in [9.17, 15) is 8.42 Å². The summed E-state index contributed by atoms with van der Waals surface area (Å²) in [6.07, 6.45) is 4.46. The molecule has 4 aromatic heterocycles. The number of hydrogen-bond acceptors (Lipinski definition) is 9. The van der Waals surface area contributed by atoms with Gasteiger partial charge in [-0.1, -0.05) is 24.2 Å². The fraction of sp³-hybridized carbons (Fsp3) is 0.278. The zero-order chi connectivity index (χ0) is 20.6. The molecule has 4 heterocycles. The molecule has 0 aliphatic rings. The van der Waals surface area contributed by atoms with Crippen LogP contribution in [0.25, 0.3) is 22.5 Å². The van der Waals surface area contributed by atoms with Crippen LogP contribution < -0.4 is 4.72 Å². The molecule has 29 heavy (non-hydrogen) atoms. The van der Waals surface area contributed by atoms with E-state index in [2.05, 4.69) is 30.0 Å². The molecule has 10 nitrogen and oxygen atoms in total. The molecule has 0 bridgehead atoms. The van der Waals surface area contributed by atoms with Crippen molar-refractivity contribution in [1.82, 2.24) is 30.0 Å². The molecule has 4 aromatic rings. The lowest BCUT2D eigenvalue weighted by molar-refractivity contribution is 0.311. The smallest absolute Gasteiger partial charge is 0.257 e. The first kappa shape index (κ1) is 19.2. The van der Waals surface area contributed by atoms with E-state index in [0.29, 0.717) is 22.5 Å². The van der Waals surface area contributed by atoms with Crippen LogP contribution in [-0.4, -0.2) is 33.7 Å². The monoisotopic (exact) mass is 414 g/mol. The topological polar surface area (TPSA) is 137 Å². The summed E-state index contributed by atoms with van der Waals surface area (Å²) >= 11 is 0. The Hall–Kier alpha value is -3.18. The lowest BCUT2D eigenvalue weighted by Gasteiger charge is -2.18. The van der Waals surface area contributed by atoms with Gasteiger partial charge in [0.1, 0.15) is 10.9 Å². The summed E-state index contributed by atoms with van der Waals surface area (Å²) in [4.78, 5) is 12.4. The number of sulfonamides is 1. The van der Waals surface area contributed by atoms with Crippen molar-refractivity contribution in [2.75, 3.05) is 0 Å². The van der Waals surface area contributed by atoms with Crippen molar-refractivity contribution in [2.24, 2.45) is 5.92 Å². The van der Waals surface area contributed by atoms with Gasteiger partial charge in [0.05, 0.1) is 17.3 Å². The Morgan fingerprint density at radius 3 is 2.69 bits per heavy atom. The molecule has 0 saturated heterocycles. The summed E-state index contributed by atoms with van der Waals surface area (Å²) < 4.78 is 39.0. The van der Waals surface area contributed by atoms with Crippen LogP contribution in [0.5, 0.6) is 0 Å². The number of aryl methyl sites for hydroxylation is 1. The Bertz CT molecular complexity index is 1250. The number of aromatic nitrogens is 5.